The van der Waals surface area contributed by atoms with Gasteiger partial charge in [0.15, 0.2) is 6.29 Å². The van der Waals surface area contributed by atoms with Crippen molar-refractivity contribution in [3.05, 3.63) is 58.7 Å². The topological polar surface area (TPSA) is 177 Å². The van der Waals surface area contributed by atoms with E-state index in [9.17, 15) is 40.6 Å². The van der Waals surface area contributed by atoms with Crippen LogP contribution < -0.4 is 0 Å². The van der Waals surface area contributed by atoms with Gasteiger partial charge in [-0.1, -0.05) is 18.2 Å². The number of rotatable bonds is 7. The summed E-state index contributed by atoms with van der Waals surface area (Å²) in [5.41, 5.74) is -2.41. The molecule has 0 heterocycles. The number of ketones is 2. The average molecular weight is 426 g/mol. The van der Waals surface area contributed by atoms with Crippen molar-refractivity contribution in [1.29, 1.82) is 0 Å². The Balaban J connectivity index is 2.80. The summed E-state index contributed by atoms with van der Waals surface area (Å²) in [4.78, 5) is 44.6. The highest BCUT2D eigenvalue weighted by Crippen LogP contribution is 2.26. The van der Waals surface area contributed by atoms with Crippen molar-refractivity contribution in [2.45, 2.75) is 9.79 Å². The van der Waals surface area contributed by atoms with Crippen LogP contribution in [0.5, 0.6) is 0 Å². The first kappa shape index (κ1) is 21.2. The van der Waals surface area contributed by atoms with E-state index in [2.05, 4.69) is 0 Å². The van der Waals surface area contributed by atoms with Gasteiger partial charge in [0.25, 0.3) is 20.2 Å². The first-order valence-electron chi connectivity index (χ1n) is 7.12. The Kier molecular flexibility index (Phi) is 5.70. The van der Waals surface area contributed by atoms with Crippen LogP contribution in [0, 0.1) is 0 Å². The fraction of sp³-hybridized carbons (Fsp3) is 0. The van der Waals surface area contributed by atoms with E-state index >= 15 is 0 Å². The van der Waals surface area contributed by atoms with Gasteiger partial charge in [0.05, 0.1) is 4.90 Å². The standard InChI is InChI=1S/C16H10O10S2/c17-7-9-2-1-3-10(4-9)14(19)15(20)13-6-12(27(21,22)23)5-11(8-18)16(13)28(24,25)26/h1-8H,(H,21,22,23)(H,24,25,26). The summed E-state index contributed by atoms with van der Waals surface area (Å²) in [5, 5.41) is 0. The van der Waals surface area contributed by atoms with Crippen LogP contribution in [0.2, 0.25) is 0 Å². The highest BCUT2D eigenvalue weighted by molar-refractivity contribution is 7.86. The lowest BCUT2D eigenvalue weighted by Crippen LogP contribution is -2.20. The van der Waals surface area contributed by atoms with Gasteiger partial charge in [0, 0.05) is 22.3 Å². The number of benzene rings is 2. The predicted octanol–water partition coefficient (Wildman–Crippen LogP) is 0.871. The third-order valence-corrected chi connectivity index (χ3v) is 5.31. The molecule has 0 saturated heterocycles. The molecule has 2 rings (SSSR count). The molecule has 0 aliphatic rings. The first-order valence-corrected chi connectivity index (χ1v) is 10.0. The van der Waals surface area contributed by atoms with Gasteiger partial charge in [-0.15, -0.1) is 0 Å². The van der Waals surface area contributed by atoms with Crippen molar-refractivity contribution in [2.24, 2.45) is 0 Å². The second-order valence-electron chi connectivity index (χ2n) is 5.36. The third-order valence-electron chi connectivity index (χ3n) is 3.51. The highest BCUT2D eigenvalue weighted by Gasteiger charge is 2.31. The molecular weight excluding hydrogens is 416 g/mol. The Morgan fingerprint density at radius 3 is 1.96 bits per heavy atom. The number of hydrogen-bond acceptors (Lipinski definition) is 8. The molecule has 0 aromatic heterocycles. The molecule has 12 heteroatoms. The molecule has 2 aromatic rings. The number of carbonyl (C=O) groups excluding carboxylic acids is 4. The minimum Gasteiger partial charge on any atom is -0.298 e. The average Bonchev–Trinajstić information content (AvgIpc) is 2.64. The van der Waals surface area contributed by atoms with E-state index in [0.717, 1.165) is 12.1 Å². The van der Waals surface area contributed by atoms with Crippen LogP contribution in [0.25, 0.3) is 0 Å². The van der Waals surface area contributed by atoms with E-state index < -0.39 is 52.7 Å². The summed E-state index contributed by atoms with van der Waals surface area (Å²) in [6, 6.07) is 5.50. The maximum absolute atomic E-state index is 12.6. The minimum absolute atomic E-state index is 0.0221. The van der Waals surface area contributed by atoms with E-state index in [0.29, 0.717) is 18.4 Å². The lowest BCUT2D eigenvalue weighted by molar-refractivity contribution is 0.0814. The fourth-order valence-corrected chi connectivity index (χ4v) is 3.70. The molecule has 2 N–H and O–H groups in total. The predicted molar refractivity (Wildman–Crippen MR) is 91.9 cm³/mol. The van der Waals surface area contributed by atoms with Gasteiger partial charge in [-0.25, -0.2) is 0 Å². The molecular formula is C16H10O10S2. The van der Waals surface area contributed by atoms with E-state index in [4.69, 9.17) is 4.55 Å². The SMILES string of the molecule is O=Cc1cccc(C(=O)C(=O)c2cc(S(=O)(=O)O)cc(C=O)c2S(=O)(=O)O)c1. The zero-order chi connectivity index (χ0) is 21.3. The molecule has 2 aromatic carbocycles. The quantitative estimate of drug-likeness (QED) is 0.279. The molecule has 0 saturated carbocycles. The smallest absolute Gasteiger partial charge is 0.295 e. The first-order chi connectivity index (χ1) is 12.9. The van der Waals surface area contributed by atoms with Crippen LogP contribution in [-0.2, 0) is 20.2 Å². The number of aldehydes is 2. The molecule has 0 aliphatic heterocycles. The maximum Gasteiger partial charge on any atom is 0.295 e. The van der Waals surface area contributed by atoms with Crippen molar-refractivity contribution in [1.82, 2.24) is 0 Å². The molecule has 28 heavy (non-hydrogen) atoms. The summed E-state index contributed by atoms with van der Waals surface area (Å²) in [6.45, 7) is 0. The monoisotopic (exact) mass is 426 g/mol. The van der Waals surface area contributed by atoms with Gasteiger partial charge >= 0.3 is 0 Å². The van der Waals surface area contributed by atoms with E-state index in [1.165, 1.54) is 12.1 Å². The molecule has 0 fully saturated rings. The zero-order valence-corrected chi connectivity index (χ0v) is 15.2. The van der Waals surface area contributed by atoms with Crippen LogP contribution in [0.1, 0.15) is 41.4 Å². The van der Waals surface area contributed by atoms with Crippen molar-refractivity contribution < 1.29 is 45.1 Å². The molecule has 0 aliphatic carbocycles. The van der Waals surface area contributed by atoms with Crippen LogP contribution in [0.15, 0.2) is 46.2 Å². The van der Waals surface area contributed by atoms with Gasteiger partial charge in [-0.05, 0) is 18.2 Å². The zero-order valence-electron chi connectivity index (χ0n) is 13.6. The molecule has 0 atom stereocenters. The van der Waals surface area contributed by atoms with Gasteiger partial charge in [0.1, 0.15) is 11.2 Å². The third kappa shape index (κ3) is 4.26. The van der Waals surface area contributed by atoms with Crippen molar-refractivity contribution in [3.8, 4) is 0 Å². The van der Waals surface area contributed by atoms with Gasteiger partial charge in [-0.2, -0.15) is 16.8 Å². The van der Waals surface area contributed by atoms with Crippen LogP contribution >= 0.6 is 0 Å². The van der Waals surface area contributed by atoms with Gasteiger partial charge in [-0.3, -0.25) is 28.3 Å². The van der Waals surface area contributed by atoms with Crippen molar-refractivity contribution >= 4 is 44.4 Å². The second-order valence-corrected chi connectivity index (χ2v) is 8.14. The maximum atomic E-state index is 12.6. The van der Waals surface area contributed by atoms with E-state index in [-0.39, 0.29) is 17.4 Å². The van der Waals surface area contributed by atoms with Gasteiger partial charge < -0.3 is 0 Å². The molecule has 0 amide bonds. The molecule has 0 radical (unpaired) electrons. The van der Waals surface area contributed by atoms with Gasteiger partial charge in [0.2, 0.25) is 11.6 Å². The van der Waals surface area contributed by atoms with Crippen LogP contribution in [0.4, 0.5) is 0 Å². The van der Waals surface area contributed by atoms with Crippen molar-refractivity contribution in [2.75, 3.05) is 0 Å². The highest BCUT2D eigenvalue weighted by atomic mass is 32.2. The lowest BCUT2D eigenvalue weighted by atomic mass is 9.99. The number of carbonyl (C=O) groups is 4. The normalized spacial score (nSPS) is 11.6. The molecule has 0 unspecified atom stereocenters. The Hall–Kier alpha value is -3.06. The van der Waals surface area contributed by atoms with Crippen LogP contribution in [-0.4, -0.2) is 50.1 Å². The Labute approximate surface area is 158 Å². The Bertz CT molecular complexity index is 1220. The summed E-state index contributed by atoms with van der Waals surface area (Å²) < 4.78 is 64.5. The molecule has 146 valence electrons. The number of hydrogen-bond donors (Lipinski definition) is 2. The summed E-state index contributed by atoms with van der Waals surface area (Å²) in [5.74, 6) is -2.94. The summed E-state index contributed by atoms with van der Waals surface area (Å²) in [6.07, 6.45) is 0.209. The largest absolute Gasteiger partial charge is 0.298 e. The minimum atomic E-state index is -5.25. The number of Topliss-reactive ketones (excluding diaryl/α,β-unsaturated/α-hetero) is 2. The molecule has 0 bridgehead atoms. The van der Waals surface area contributed by atoms with Crippen LogP contribution in [0.3, 0.4) is 0 Å². The summed E-state index contributed by atoms with van der Waals surface area (Å²) >= 11 is 0. The molecule has 0 spiro atoms. The Morgan fingerprint density at radius 1 is 0.821 bits per heavy atom. The van der Waals surface area contributed by atoms with E-state index in [1.807, 2.05) is 0 Å². The van der Waals surface area contributed by atoms with E-state index in [1.54, 1.807) is 0 Å². The van der Waals surface area contributed by atoms with Crippen molar-refractivity contribution in [3.63, 3.8) is 0 Å². The Morgan fingerprint density at radius 2 is 1.46 bits per heavy atom. The molecule has 10 nitrogen and oxygen atoms in total. The second kappa shape index (κ2) is 7.52. The fourth-order valence-electron chi connectivity index (χ4n) is 2.32. The lowest BCUT2D eigenvalue weighted by Gasteiger charge is -2.10. The summed E-state index contributed by atoms with van der Waals surface area (Å²) in [7, 11) is -10.2.